The topological polar surface area (TPSA) is 121 Å². The van der Waals surface area contributed by atoms with Crippen LogP contribution in [0.4, 0.5) is 17.1 Å². The van der Waals surface area contributed by atoms with Gasteiger partial charge in [0.15, 0.2) is 0 Å². The van der Waals surface area contributed by atoms with Crippen molar-refractivity contribution in [2.45, 2.75) is 75.9 Å². The molecule has 2 fully saturated rings. The predicted octanol–water partition coefficient (Wildman–Crippen LogP) is 3.47. The number of aromatic nitrogens is 1. The number of ether oxygens (including phenoxy) is 1. The monoisotopic (exact) mass is 575 g/mol. The number of hydrogen-bond acceptors (Lipinski definition) is 9. The van der Waals surface area contributed by atoms with Crippen LogP contribution in [0.25, 0.3) is 0 Å². The van der Waals surface area contributed by atoms with Crippen molar-refractivity contribution in [2.75, 3.05) is 63.1 Å². The van der Waals surface area contributed by atoms with Crippen molar-refractivity contribution in [3.8, 4) is 0 Å². The Morgan fingerprint density at radius 3 is 2.23 bits per heavy atom. The summed E-state index contributed by atoms with van der Waals surface area (Å²) in [6.45, 7) is 6.17. The Bertz CT molecular complexity index is 1200. The van der Waals surface area contributed by atoms with Crippen LogP contribution in [0.2, 0.25) is 0 Å². The zero-order valence-electron chi connectivity index (χ0n) is 23.6. The van der Waals surface area contributed by atoms with Gasteiger partial charge in [0.25, 0.3) is 10.9 Å². The maximum Gasteiger partial charge on any atom is 0.253 e. The Labute approximate surface area is 238 Å². The van der Waals surface area contributed by atoms with Crippen LogP contribution in [0.1, 0.15) is 70.6 Å². The quantitative estimate of drug-likeness (QED) is 0.203. The lowest BCUT2D eigenvalue weighted by Crippen LogP contribution is -2.41. The van der Waals surface area contributed by atoms with Gasteiger partial charge in [0, 0.05) is 50.8 Å². The maximum atomic E-state index is 13.3. The molecule has 1 aliphatic carbocycles. The van der Waals surface area contributed by atoms with E-state index < -0.39 is 20.9 Å². The van der Waals surface area contributed by atoms with Gasteiger partial charge in [-0.2, -0.15) is 0 Å². The molecule has 10 nitrogen and oxygen atoms in total. The van der Waals surface area contributed by atoms with E-state index in [-0.39, 0.29) is 5.25 Å². The first-order valence-electron chi connectivity index (χ1n) is 15.0. The number of morpholine rings is 1. The summed E-state index contributed by atoms with van der Waals surface area (Å²) in [6, 6.07) is 3.49. The zero-order chi connectivity index (χ0) is 28.2. The van der Waals surface area contributed by atoms with Crippen molar-refractivity contribution in [1.82, 2.24) is 14.2 Å². The lowest BCUT2D eigenvalue weighted by Gasteiger charge is -2.29. The fraction of sp³-hybridized carbons (Fsp3) is 0.690. The average molecular weight is 576 g/mol. The Kier molecular flexibility index (Phi) is 11.9. The number of sulfonamides is 1. The molecule has 1 aromatic heterocycles. The highest BCUT2D eigenvalue weighted by atomic mass is 32.2. The van der Waals surface area contributed by atoms with E-state index in [1.54, 1.807) is 28.8 Å². The van der Waals surface area contributed by atoms with Gasteiger partial charge in [-0.3, -0.25) is 19.5 Å². The van der Waals surface area contributed by atoms with Crippen molar-refractivity contribution in [3.05, 3.63) is 45.0 Å². The molecule has 1 saturated carbocycles. The highest BCUT2D eigenvalue weighted by Gasteiger charge is 2.33. The summed E-state index contributed by atoms with van der Waals surface area (Å²) in [5, 5.41) is 5.93. The van der Waals surface area contributed by atoms with Crippen LogP contribution in [0.5, 0.6) is 0 Å². The number of nitrogens with one attached hydrogen (secondary N) is 2. The molecular weight excluding hydrogens is 530 g/mol. The fourth-order valence-electron chi connectivity index (χ4n) is 5.65. The molecule has 0 unspecified atom stereocenters. The van der Waals surface area contributed by atoms with Gasteiger partial charge < -0.3 is 15.4 Å². The second-order valence-corrected chi connectivity index (χ2v) is 13.2. The first-order valence-corrected chi connectivity index (χ1v) is 16.5. The van der Waals surface area contributed by atoms with E-state index in [4.69, 9.17) is 4.74 Å². The van der Waals surface area contributed by atoms with Crippen LogP contribution in [-0.4, -0.2) is 80.3 Å². The largest absolute Gasteiger partial charge is 0.380 e. The number of anilines is 3. The SMILES string of the molecule is O=c1c(NCCCCCCCCN(CCCN2CCOCC2)S(=O)(=O)C2CCCC2)c(Nc2ccncc2)c1=O. The van der Waals surface area contributed by atoms with E-state index in [0.717, 1.165) is 109 Å². The van der Waals surface area contributed by atoms with E-state index in [1.807, 2.05) is 0 Å². The van der Waals surface area contributed by atoms with Gasteiger partial charge >= 0.3 is 0 Å². The Hall–Kier alpha value is -2.34. The van der Waals surface area contributed by atoms with E-state index in [0.29, 0.717) is 31.0 Å². The molecule has 0 spiro atoms. The number of nitrogens with zero attached hydrogens (tertiary/aromatic N) is 3. The second kappa shape index (κ2) is 15.6. The van der Waals surface area contributed by atoms with Gasteiger partial charge in [0.1, 0.15) is 11.4 Å². The minimum atomic E-state index is -3.23. The third-order valence-corrected chi connectivity index (χ3v) is 10.5. The lowest BCUT2D eigenvalue weighted by atomic mass is 10.1. The molecule has 2 aliphatic rings. The summed E-state index contributed by atoms with van der Waals surface area (Å²) in [5.41, 5.74) is 0.428. The van der Waals surface area contributed by atoms with Crippen LogP contribution in [-0.2, 0) is 14.8 Å². The van der Waals surface area contributed by atoms with Crippen molar-refractivity contribution >= 4 is 27.1 Å². The molecule has 2 N–H and O–H groups in total. The summed E-state index contributed by atoms with van der Waals surface area (Å²) < 4.78 is 33.9. The summed E-state index contributed by atoms with van der Waals surface area (Å²) >= 11 is 0. The lowest BCUT2D eigenvalue weighted by molar-refractivity contribution is 0.0369. The smallest absolute Gasteiger partial charge is 0.253 e. The summed E-state index contributed by atoms with van der Waals surface area (Å²) in [5.74, 6) is 0. The molecule has 0 bridgehead atoms. The molecule has 0 radical (unpaired) electrons. The minimum absolute atomic E-state index is 0.197. The van der Waals surface area contributed by atoms with E-state index in [9.17, 15) is 18.0 Å². The fourth-order valence-corrected chi connectivity index (χ4v) is 7.77. The summed E-state index contributed by atoms with van der Waals surface area (Å²) in [7, 11) is -3.23. The molecule has 222 valence electrons. The third kappa shape index (κ3) is 8.58. The molecule has 2 heterocycles. The van der Waals surface area contributed by atoms with Gasteiger partial charge in [-0.05, 0) is 50.8 Å². The van der Waals surface area contributed by atoms with Gasteiger partial charge in [0.05, 0.1) is 18.5 Å². The second-order valence-electron chi connectivity index (χ2n) is 11.0. The molecule has 1 aliphatic heterocycles. The van der Waals surface area contributed by atoms with Crippen molar-refractivity contribution in [3.63, 3.8) is 0 Å². The van der Waals surface area contributed by atoms with Crippen LogP contribution >= 0.6 is 0 Å². The first kappa shape index (κ1) is 30.6. The Morgan fingerprint density at radius 1 is 0.875 bits per heavy atom. The van der Waals surface area contributed by atoms with Crippen molar-refractivity contribution < 1.29 is 13.2 Å². The molecule has 40 heavy (non-hydrogen) atoms. The van der Waals surface area contributed by atoms with Gasteiger partial charge in [-0.1, -0.05) is 38.5 Å². The molecule has 1 aromatic carbocycles. The maximum absolute atomic E-state index is 13.3. The number of pyridine rings is 1. The normalized spacial score (nSPS) is 17.1. The molecule has 0 amide bonds. The minimum Gasteiger partial charge on any atom is -0.380 e. The Balaban J connectivity index is 1.12. The van der Waals surface area contributed by atoms with Crippen LogP contribution in [0.15, 0.2) is 34.1 Å². The van der Waals surface area contributed by atoms with E-state index >= 15 is 0 Å². The van der Waals surface area contributed by atoms with Crippen LogP contribution in [0, 0.1) is 0 Å². The predicted molar refractivity (Wildman–Crippen MR) is 160 cm³/mol. The third-order valence-electron chi connectivity index (χ3n) is 8.06. The highest BCUT2D eigenvalue weighted by molar-refractivity contribution is 7.89. The van der Waals surface area contributed by atoms with Crippen molar-refractivity contribution in [2.24, 2.45) is 0 Å². The average Bonchev–Trinajstić information content (AvgIpc) is 3.53. The highest BCUT2D eigenvalue weighted by Crippen LogP contribution is 2.27. The number of rotatable bonds is 18. The molecule has 0 atom stereocenters. The van der Waals surface area contributed by atoms with Gasteiger partial charge in [-0.15, -0.1) is 0 Å². The van der Waals surface area contributed by atoms with Gasteiger partial charge in [-0.25, -0.2) is 12.7 Å². The number of unbranched alkanes of at least 4 members (excludes halogenated alkanes) is 5. The van der Waals surface area contributed by atoms with E-state index in [2.05, 4.69) is 20.5 Å². The molecule has 1 saturated heterocycles. The standard InChI is InChI=1S/C29H45N5O5S/c35-28-26(27(29(28)36)32-24-12-15-30-16-13-24)31-14-7-3-1-2-4-8-18-34(40(37,38)25-10-5-6-11-25)19-9-17-33-20-22-39-23-21-33/h12-13,15-16,25,31H,1-11,14,17-23H2,(H,30,32). The van der Waals surface area contributed by atoms with E-state index in [1.165, 1.54) is 0 Å². The summed E-state index contributed by atoms with van der Waals surface area (Å²) in [6.07, 6.45) is 13.7. The zero-order valence-corrected chi connectivity index (χ0v) is 24.4. The number of hydrogen-bond donors (Lipinski definition) is 2. The Morgan fingerprint density at radius 2 is 1.50 bits per heavy atom. The molecule has 11 heteroatoms. The van der Waals surface area contributed by atoms with Crippen LogP contribution < -0.4 is 21.5 Å². The van der Waals surface area contributed by atoms with Crippen LogP contribution in [0.3, 0.4) is 0 Å². The van der Waals surface area contributed by atoms with Crippen molar-refractivity contribution in [1.29, 1.82) is 0 Å². The molecule has 2 aromatic rings. The van der Waals surface area contributed by atoms with Gasteiger partial charge in [0.2, 0.25) is 10.0 Å². The molecule has 4 rings (SSSR count). The molecular formula is C29H45N5O5S. The first-order chi connectivity index (χ1) is 19.5. The summed E-state index contributed by atoms with van der Waals surface area (Å²) in [4.78, 5) is 30.3.